The number of rotatable bonds is 4. The Morgan fingerprint density at radius 1 is 1.47 bits per heavy atom. The van der Waals surface area contributed by atoms with Gasteiger partial charge in [-0.2, -0.15) is 0 Å². The van der Waals surface area contributed by atoms with Crippen LogP contribution in [-0.4, -0.2) is 37.5 Å². The molecule has 1 heterocycles. The molecule has 1 atom stereocenters. The summed E-state index contributed by atoms with van der Waals surface area (Å²) >= 11 is 3.46. The van der Waals surface area contributed by atoms with Gasteiger partial charge < -0.3 is 10.2 Å². The number of nitrogens with zero attached hydrogens (tertiary/aromatic N) is 1. The Morgan fingerprint density at radius 3 is 3.00 bits per heavy atom. The second-order valence-corrected chi connectivity index (χ2v) is 5.99. The number of hydrogen-bond donors (Lipinski definition) is 1. The van der Waals surface area contributed by atoms with Crippen LogP contribution < -0.4 is 5.32 Å². The van der Waals surface area contributed by atoms with Crippen molar-refractivity contribution in [1.29, 1.82) is 0 Å². The molecule has 1 N–H and O–H groups in total. The van der Waals surface area contributed by atoms with Crippen LogP contribution in [0.15, 0.2) is 28.7 Å². The Hall–Kier alpha value is -0.870. The maximum atomic E-state index is 12.5. The lowest BCUT2D eigenvalue weighted by atomic mass is 9.94. The van der Waals surface area contributed by atoms with Gasteiger partial charge in [0.05, 0.1) is 5.56 Å². The van der Waals surface area contributed by atoms with Crippen molar-refractivity contribution in [1.82, 2.24) is 10.2 Å². The number of hydrogen-bond acceptors (Lipinski definition) is 2. The van der Waals surface area contributed by atoms with E-state index in [0.717, 1.165) is 42.5 Å². The molecule has 0 aromatic heterocycles. The molecule has 0 spiro atoms. The summed E-state index contributed by atoms with van der Waals surface area (Å²) in [5, 5.41) is 3.19. The van der Waals surface area contributed by atoms with E-state index >= 15 is 0 Å². The summed E-state index contributed by atoms with van der Waals surface area (Å²) in [5.41, 5.74) is 0.775. The molecule has 0 aliphatic carbocycles. The topological polar surface area (TPSA) is 32.3 Å². The third-order valence-electron chi connectivity index (χ3n) is 3.71. The van der Waals surface area contributed by atoms with E-state index in [9.17, 15) is 4.79 Å². The van der Waals surface area contributed by atoms with E-state index in [-0.39, 0.29) is 5.91 Å². The van der Waals surface area contributed by atoms with Gasteiger partial charge in [-0.1, -0.05) is 12.1 Å². The summed E-state index contributed by atoms with van der Waals surface area (Å²) in [7, 11) is 1.98. The van der Waals surface area contributed by atoms with Gasteiger partial charge in [0.25, 0.3) is 5.91 Å². The molecule has 0 saturated carbocycles. The largest absolute Gasteiger partial charge is 0.338 e. The molecule has 19 heavy (non-hydrogen) atoms. The van der Waals surface area contributed by atoms with Gasteiger partial charge in [0.15, 0.2) is 0 Å². The number of amides is 1. The van der Waals surface area contributed by atoms with Gasteiger partial charge in [-0.15, -0.1) is 0 Å². The Kier molecular flexibility index (Phi) is 5.40. The lowest BCUT2D eigenvalue weighted by molar-refractivity contribution is 0.0667. The van der Waals surface area contributed by atoms with Crippen molar-refractivity contribution in [2.75, 3.05) is 26.7 Å². The Balaban J connectivity index is 2.01. The van der Waals surface area contributed by atoms with Crippen molar-refractivity contribution < 1.29 is 4.79 Å². The quantitative estimate of drug-likeness (QED) is 0.923. The van der Waals surface area contributed by atoms with Crippen LogP contribution in [0.5, 0.6) is 0 Å². The molecule has 2 rings (SSSR count). The first-order valence-electron chi connectivity index (χ1n) is 6.90. The van der Waals surface area contributed by atoms with E-state index in [4.69, 9.17) is 0 Å². The molecule has 4 heteroatoms. The third kappa shape index (κ3) is 3.80. The highest BCUT2D eigenvalue weighted by Gasteiger charge is 2.24. The number of piperidine rings is 1. The zero-order valence-electron chi connectivity index (χ0n) is 11.4. The first-order valence-corrected chi connectivity index (χ1v) is 7.70. The number of carbonyl (C=O) groups excluding carboxylic acids is 1. The highest BCUT2D eigenvalue weighted by molar-refractivity contribution is 9.10. The molecule has 1 aliphatic rings. The molecule has 1 fully saturated rings. The minimum atomic E-state index is 0.154. The van der Waals surface area contributed by atoms with Gasteiger partial charge in [-0.05, 0) is 66.8 Å². The first kappa shape index (κ1) is 14.5. The SMILES string of the molecule is CNCCC1CCCN(C(=O)c2ccccc2Br)C1. The number of benzene rings is 1. The minimum absolute atomic E-state index is 0.154. The number of halogens is 1. The number of carbonyl (C=O) groups is 1. The van der Waals surface area contributed by atoms with Crippen LogP contribution in [0.2, 0.25) is 0 Å². The van der Waals surface area contributed by atoms with Crippen molar-refractivity contribution in [3.8, 4) is 0 Å². The molecular weight excluding hydrogens is 304 g/mol. The standard InChI is InChI=1S/C15H21BrN2O/c1-17-9-8-12-5-4-10-18(11-12)15(19)13-6-2-3-7-14(13)16/h2-3,6-7,12,17H,4-5,8-11H2,1H3. The van der Waals surface area contributed by atoms with E-state index in [1.807, 2.05) is 36.2 Å². The highest BCUT2D eigenvalue weighted by atomic mass is 79.9. The van der Waals surface area contributed by atoms with Crippen molar-refractivity contribution in [2.24, 2.45) is 5.92 Å². The summed E-state index contributed by atoms with van der Waals surface area (Å²) in [4.78, 5) is 14.5. The van der Waals surface area contributed by atoms with E-state index in [2.05, 4.69) is 21.2 Å². The number of nitrogens with one attached hydrogen (secondary N) is 1. The molecule has 0 bridgehead atoms. The molecule has 1 unspecified atom stereocenters. The van der Waals surface area contributed by atoms with Gasteiger partial charge >= 0.3 is 0 Å². The van der Waals surface area contributed by atoms with Crippen LogP contribution in [0.3, 0.4) is 0 Å². The van der Waals surface area contributed by atoms with Crippen LogP contribution in [0.4, 0.5) is 0 Å². The maximum Gasteiger partial charge on any atom is 0.255 e. The molecule has 1 aliphatic heterocycles. The van der Waals surface area contributed by atoms with E-state index in [1.165, 1.54) is 6.42 Å². The fourth-order valence-corrected chi connectivity index (χ4v) is 3.09. The minimum Gasteiger partial charge on any atom is -0.338 e. The van der Waals surface area contributed by atoms with Crippen molar-refractivity contribution in [3.05, 3.63) is 34.3 Å². The second-order valence-electron chi connectivity index (χ2n) is 5.13. The fraction of sp³-hybridized carbons (Fsp3) is 0.533. The Morgan fingerprint density at radius 2 is 2.26 bits per heavy atom. The van der Waals surface area contributed by atoms with Crippen LogP contribution >= 0.6 is 15.9 Å². The Labute approximate surface area is 123 Å². The predicted octanol–water partition coefficient (Wildman–Crippen LogP) is 2.91. The summed E-state index contributed by atoms with van der Waals surface area (Å²) in [6, 6.07) is 7.67. The zero-order chi connectivity index (χ0) is 13.7. The smallest absolute Gasteiger partial charge is 0.255 e. The van der Waals surface area contributed by atoms with Gasteiger partial charge in [0, 0.05) is 17.6 Å². The highest BCUT2D eigenvalue weighted by Crippen LogP contribution is 2.23. The van der Waals surface area contributed by atoms with Crippen LogP contribution in [0.1, 0.15) is 29.6 Å². The van der Waals surface area contributed by atoms with Gasteiger partial charge in [0.2, 0.25) is 0 Å². The van der Waals surface area contributed by atoms with Crippen LogP contribution in [0.25, 0.3) is 0 Å². The second kappa shape index (κ2) is 7.06. The molecular formula is C15H21BrN2O. The third-order valence-corrected chi connectivity index (χ3v) is 4.40. The summed E-state index contributed by atoms with van der Waals surface area (Å²) in [6.07, 6.45) is 3.50. The fourth-order valence-electron chi connectivity index (χ4n) is 2.64. The number of likely N-dealkylation sites (tertiary alicyclic amines) is 1. The first-order chi connectivity index (χ1) is 9.22. The molecule has 1 amide bonds. The van der Waals surface area contributed by atoms with E-state index < -0.39 is 0 Å². The van der Waals surface area contributed by atoms with Crippen molar-refractivity contribution in [3.63, 3.8) is 0 Å². The predicted molar refractivity (Wildman–Crippen MR) is 81.3 cm³/mol. The molecule has 1 aromatic carbocycles. The van der Waals surface area contributed by atoms with Gasteiger partial charge in [-0.25, -0.2) is 0 Å². The zero-order valence-corrected chi connectivity index (χ0v) is 12.9. The van der Waals surface area contributed by atoms with Crippen LogP contribution in [0, 0.1) is 5.92 Å². The van der Waals surface area contributed by atoms with Gasteiger partial charge in [0.1, 0.15) is 0 Å². The van der Waals surface area contributed by atoms with Crippen molar-refractivity contribution >= 4 is 21.8 Å². The van der Waals surface area contributed by atoms with Gasteiger partial charge in [-0.3, -0.25) is 4.79 Å². The molecule has 104 valence electrons. The average Bonchev–Trinajstić information content (AvgIpc) is 2.45. The van der Waals surface area contributed by atoms with E-state index in [0.29, 0.717) is 5.92 Å². The lowest BCUT2D eigenvalue weighted by Crippen LogP contribution is -2.40. The normalized spacial score (nSPS) is 19.5. The molecule has 0 radical (unpaired) electrons. The van der Waals surface area contributed by atoms with E-state index in [1.54, 1.807) is 0 Å². The van der Waals surface area contributed by atoms with Crippen LogP contribution in [-0.2, 0) is 0 Å². The maximum absolute atomic E-state index is 12.5. The monoisotopic (exact) mass is 324 g/mol. The van der Waals surface area contributed by atoms with Crippen molar-refractivity contribution in [2.45, 2.75) is 19.3 Å². The summed E-state index contributed by atoms with van der Waals surface area (Å²) < 4.78 is 0.886. The molecule has 3 nitrogen and oxygen atoms in total. The summed E-state index contributed by atoms with van der Waals surface area (Å²) in [5.74, 6) is 0.786. The Bertz CT molecular complexity index is 436. The molecule has 1 aromatic rings. The molecule has 1 saturated heterocycles. The lowest BCUT2D eigenvalue weighted by Gasteiger charge is -2.33. The average molecular weight is 325 g/mol. The summed E-state index contributed by atoms with van der Waals surface area (Å²) in [6.45, 7) is 2.81.